The van der Waals surface area contributed by atoms with Crippen LogP contribution in [0.4, 0.5) is 5.69 Å². The predicted molar refractivity (Wildman–Crippen MR) is 69.5 cm³/mol. The van der Waals surface area contributed by atoms with Crippen LogP contribution in [0.15, 0.2) is 41.0 Å². The summed E-state index contributed by atoms with van der Waals surface area (Å²) in [4.78, 5) is 23.5. The maximum Gasteiger partial charge on any atom is 0.339 e. The summed E-state index contributed by atoms with van der Waals surface area (Å²) < 4.78 is 9.47. The third kappa shape index (κ3) is 2.77. The van der Waals surface area contributed by atoms with Gasteiger partial charge in [0.2, 0.25) is 5.22 Å². The van der Waals surface area contributed by atoms with E-state index < -0.39 is 11.9 Å². The molecule has 1 N–H and O–H groups in total. The standard InChI is InChI=1S/C13H10ClNO4/c1-18-13(17)8-4-2-3-5-10(8)15-12(16)9-6-7-19-11(9)14/h2-7H,1H3,(H,15,16). The molecule has 2 aromatic rings. The number of rotatable bonds is 3. The zero-order valence-electron chi connectivity index (χ0n) is 9.98. The van der Waals surface area contributed by atoms with E-state index in [2.05, 4.69) is 10.1 Å². The minimum atomic E-state index is -0.533. The molecule has 0 fully saturated rings. The average molecular weight is 280 g/mol. The topological polar surface area (TPSA) is 68.5 Å². The van der Waals surface area contributed by atoms with E-state index in [-0.39, 0.29) is 16.3 Å². The highest BCUT2D eigenvalue weighted by Gasteiger charge is 2.17. The van der Waals surface area contributed by atoms with Crippen molar-refractivity contribution in [1.29, 1.82) is 0 Å². The molecular weight excluding hydrogens is 270 g/mol. The van der Waals surface area contributed by atoms with E-state index in [4.69, 9.17) is 16.0 Å². The summed E-state index contributed by atoms with van der Waals surface area (Å²) >= 11 is 5.71. The molecule has 0 aliphatic carbocycles. The zero-order chi connectivity index (χ0) is 13.8. The summed E-state index contributed by atoms with van der Waals surface area (Å²) in [6, 6.07) is 7.96. The third-order valence-corrected chi connectivity index (χ3v) is 2.74. The van der Waals surface area contributed by atoms with Crippen molar-refractivity contribution in [2.24, 2.45) is 0 Å². The van der Waals surface area contributed by atoms with Crippen LogP contribution < -0.4 is 5.32 Å². The van der Waals surface area contributed by atoms with Crippen molar-refractivity contribution in [3.63, 3.8) is 0 Å². The lowest BCUT2D eigenvalue weighted by Gasteiger charge is -2.08. The number of nitrogens with one attached hydrogen (secondary N) is 1. The summed E-state index contributed by atoms with van der Waals surface area (Å²) in [5.41, 5.74) is 0.802. The molecule has 5 nitrogen and oxygen atoms in total. The number of ether oxygens (including phenoxy) is 1. The Morgan fingerprint density at radius 3 is 2.58 bits per heavy atom. The van der Waals surface area contributed by atoms with Crippen molar-refractivity contribution in [3.8, 4) is 0 Å². The van der Waals surface area contributed by atoms with Crippen molar-refractivity contribution in [1.82, 2.24) is 0 Å². The van der Waals surface area contributed by atoms with E-state index in [9.17, 15) is 9.59 Å². The molecule has 1 aromatic heterocycles. The Morgan fingerprint density at radius 1 is 1.21 bits per heavy atom. The van der Waals surface area contributed by atoms with Crippen LogP contribution >= 0.6 is 11.6 Å². The quantitative estimate of drug-likeness (QED) is 0.877. The number of benzene rings is 1. The summed E-state index contributed by atoms with van der Waals surface area (Å²) in [5.74, 6) is -0.996. The maximum absolute atomic E-state index is 12.0. The molecule has 19 heavy (non-hydrogen) atoms. The first-order chi connectivity index (χ1) is 9.13. The van der Waals surface area contributed by atoms with Crippen LogP contribution in [0.1, 0.15) is 20.7 Å². The van der Waals surface area contributed by atoms with Crippen LogP contribution in [0.5, 0.6) is 0 Å². The van der Waals surface area contributed by atoms with Crippen molar-refractivity contribution in [3.05, 3.63) is 52.9 Å². The van der Waals surface area contributed by atoms with Crippen molar-refractivity contribution >= 4 is 29.2 Å². The second kappa shape index (κ2) is 5.58. The lowest BCUT2D eigenvalue weighted by Crippen LogP contribution is -2.15. The first kappa shape index (κ1) is 13.2. The number of hydrogen-bond donors (Lipinski definition) is 1. The minimum Gasteiger partial charge on any atom is -0.465 e. The van der Waals surface area contributed by atoms with Gasteiger partial charge in [-0.1, -0.05) is 12.1 Å². The second-order valence-electron chi connectivity index (χ2n) is 3.60. The van der Waals surface area contributed by atoms with E-state index in [0.29, 0.717) is 5.69 Å². The summed E-state index contributed by atoms with van der Waals surface area (Å²) in [6.07, 6.45) is 1.31. The number of esters is 1. The van der Waals surface area contributed by atoms with Crippen LogP contribution in [0.2, 0.25) is 5.22 Å². The highest BCUT2D eigenvalue weighted by atomic mass is 35.5. The summed E-state index contributed by atoms with van der Waals surface area (Å²) in [5, 5.41) is 2.58. The SMILES string of the molecule is COC(=O)c1ccccc1NC(=O)c1ccoc1Cl. The normalized spacial score (nSPS) is 10.0. The number of anilines is 1. The number of halogens is 1. The molecule has 98 valence electrons. The van der Waals surface area contributed by atoms with E-state index in [1.54, 1.807) is 24.3 Å². The molecule has 0 saturated carbocycles. The molecule has 1 heterocycles. The van der Waals surface area contributed by atoms with Gasteiger partial charge in [-0.15, -0.1) is 0 Å². The molecule has 0 aliphatic heterocycles. The fourth-order valence-electron chi connectivity index (χ4n) is 1.53. The Morgan fingerprint density at radius 2 is 1.95 bits per heavy atom. The maximum atomic E-state index is 12.0. The Hall–Kier alpha value is -2.27. The van der Waals surface area contributed by atoms with Crippen molar-refractivity contribution in [2.45, 2.75) is 0 Å². The van der Waals surface area contributed by atoms with Crippen LogP contribution in [0.25, 0.3) is 0 Å². The Labute approximate surface area is 114 Å². The molecule has 0 saturated heterocycles. The van der Waals surface area contributed by atoms with Gasteiger partial charge in [-0.25, -0.2) is 4.79 Å². The Bertz CT molecular complexity index is 621. The van der Waals surface area contributed by atoms with Crippen LogP contribution in [-0.4, -0.2) is 19.0 Å². The largest absolute Gasteiger partial charge is 0.465 e. The van der Waals surface area contributed by atoms with Crippen LogP contribution in [0.3, 0.4) is 0 Å². The van der Waals surface area contributed by atoms with Gasteiger partial charge in [0.05, 0.1) is 30.2 Å². The van der Waals surface area contributed by atoms with Crippen LogP contribution in [0, 0.1) is 0 Å². The van der Waals surface area contributed by atoms with E-state index in [1.807, 2.05) is 0 Å². The predicted octanol–water partition coefficient (Wildman–Crippen LogP) is 2.97. The molecule has 0 spiro atoms. The average Bonchev–Trinajstić information content (AvgIpc) is 2.85. The molecule has 0 bridgehead atoms. The monoisotopic (exact) mass is 279 g/mol. The highest BCUT2D eigenvalue weighted by molar-refractivity contribution is 6.32. The minimum absolute atomic E-state index is 0.00644. The van der Waals surface area contributed by atoms with Gasteiger partial charge in [-0.2, -0.15) is 0 Å². The van der Waals surface area contributed by atoms with Gasteiger partial charge >= 0.3 is 5.97 Å². The number of methoxy groups -OCH3 is 1. The first-order valence-corrected chi connectivity index (χ1v) is 5.73. The highest BCUT2D eigenvalue weighted by Crippen LogP contribution is 2.21. The number of carbonyl (C=O) groups excluding carboxylic acids is 2. The third-order valence-electron chi connectivity index (χ3n) is 2.44. The van der Waals surface area contributed by atoms with Gasteiger partial charge in [0.15, 0.2) is 0 Å². The number of furan rings is 1. The van der Waals surface area contributed by atoms with Gasteiger partial charge in [0, 0.05) is 0 Å². The molecule has 1 amide bonds. The summed E-state index contributed by atoms with van der Waals surface area (Å²) in [6.45, 7) is 0. The van der Waals surface area contributed by atoms with E-state index >= 15 is 0 Å². The van der Waals surface area contributed by atoms with Gasteiger partial charge in [0.1, 0.15) is 0 Å². The molecule has 2 rings (SSSR count). The lowest BCUT2D eigenvalue weighted by molar-refractivity contribution is 0.0602. The second-order valence-corrected chi connectivity index (χ2v) is 3.94. The molecule has 0 atom stereocenters. The van der Waals surface area contributed by atoms with Gasteiger partial charge in [-0.05, 0) is 29.8 Å². The van der Waals surface area contributed by atoms with Crippen molar-refractivity contribution in [2.75, 3.05) is 12.4 Å². The van der Waals surface area contributed by atoms with Gasteiger partial charge in [-0.3, -0.25) is 4.79 Å². The van der Waals surface area contributed by atoms with Crippen LogP contribution in [-0.2, 0) is 4.74 Å². The Balaban J connectivity index is 2.27. The lowest BCUT2D eigenvalue weighted by atomic mass is 10.1. The molecule has 6 heteroatoms. The fourth-order valence-corrected chi connectivity index (χ4v) is 1.73. The number of carbonyl (C=O) groups is 2. The molecule has 1 aromatic carbocycles. The van der Waals surface area contributed by atoms with Crippen molar-refractivity contribution < 1.29 is 18.7 Å². The molecule has 0 radical (unpaired) electrons. The number of amides is 1. The smallest absolute Gasteiger partial charge is 0.339 e. The number of hydrogen-bond acceptors (Lipinski definition) is 4. The zero-order valence-corrected chi connectivity index (χ0v) is 10.7. The van der Waals surface area contributed by atoms with Gasteiger partial charge < -0.3 is 14.5 Å². The molecule has 0 aliphatic rings. The first-order valence-electron chi connectivity index (χ1n) is 5.35. The Kier molecular flexibility index (Phi) is 3.87. The van der Waals surface area contributed by atoms with Gasteiger partial charge in [0.25, 0.3) is 5.91 Å². The van der Waals surface area contributed by atoms with E-state index in [0.717, 1.165) is 0 Å². The van der Waals surface area contributed by atoms with E-state index in [1.165, 1.54) is 19.4 Å². The molecule has 0 unspecified atom stereocenters. The number of para-hydroxylation sites is 1. The molecular formula is C13H10ClNO4. The fraction of sp³-hybridized carbons (Fsp3) is 0.0769. The summed E-state index contributed by atoms with van der Waals surface area (Å²) in [7, 11) is 1.27.